The standard InChI is InChI=1S/C7H15IN2O2S/c1-2-13(11,12)9-7-3-5-10(8)6-4-7/h7,9H,2-6H2,1H3. The molecule has 0 bridgehead atoms. The first-order valence-electron chi connectivity index (χ1n) is 4.44. The first kappa shape index (κ1) is 11.7. The first-order chi connectivity index (χ1) is 6.03. The Morgan fingerprint density at radius 1 is 1.46 bits per heavy atom. The van der Waals surface area contributed by atoms with E-state index in [0.29, 0.717) is 0 Å². The van der Waals surface area contributed by atoms with E-state index >= 15 is 0 Å². The fraction of sp³-hybridized carbons (Fsp3) is 1.00. The Hall–Kier alpha value is 0.600. The summed E-state index contributed by atoms with van der Waals surface area (Å²) in [5, 5.41) is 0. The zero-order valence-corrected chi connectivity index (χ0v) is 10.6. The Morgan fingerprint density at radius 3 is 2.46 bits per heavy atom. The van der Waals surface area contributed by atoms with E-state index in [1.165, 1.54) is 0 Å². The summed E-state index contributed by atoms with van der Waals surface area (Å²) in [5.41, 5.74) is 0. The molecule has 0 unspecified atom stereocenters. The van der Waals surface area contributed by atoms with Gasteiger partial charge in [0, 0.05) is 42.0 Å². The second-order valence-electron chi connectivity index (χ2n) is 3.21. The summed E-state index contributed by atoms with van der Waals surface area (Å²) in [5.74, 6) is 0.178. The lowest BCUT2D eigenvalue weighted by molar-refractivity contribution is 0.351. The van der Waals surface area contributed by atoms with Crippen molar-refractivity contribution in [3.05, 3.63) is 0 Å². The topological polar surface area (TPSA) is 49.4 Å². The maximum absolute atomic E-state index is 11.2. The minimum atomic E-state index is -3.01. The minimum Gasteiger partial charge on any atom is -0.247 e. The molecule has 1 N–H and O–H groups in total. The van der Waals surface area contributed by atoms with E-state index in [1.54, 1.807) is 6.92 Å². The summed E-state index contributed by atoms with van der Waals surface area (Å²) in [6.45, 7) is 3.60. The molecule has 1 heterocycles. The molecule has 1 rings (SSSR count). The zero-order valence-electron chi connectivity index (χ0n) is 7.66. The third-order valence-corrected chi connectivity index (χ3v) is 4.58. The molecule has 0 aliphatic carbocycles. The third kappa shape index (κ3) is 4.09. The van der Waals surface area contributed by atoms with Gasteiger partial charge in [0.25, 0.3) is 0 Å². The highest BCUT2D eigenvalue weighted by atomic mass is 127. The van der Waals surface area contributed by atoms with Crippen LogP contribution in [0.15, 0.2) is 0 Å². The maximum Gasteiger partial charge on any atom is 0.211 e. The van der Waals surface area contributed by atoms with Gasteiger partial charge in [-0.15, -0.1) is 0 Å². The Labute approximate surface area is 93.6 Å². The van der Waals surface area contributed by atoms with Crippen LogP contribution in [0.3, 0.4) is 0 Å². The van der Waals surface area contributed by atoms with Gasteiger partial charge in [0.05, 0.1) is 5.75 Å². The molecule has 0 aromatic heterocycles. The highest BCUT2D eigenvalue weighted by molar-refractivity contribution is 14.1. The second kappa shape index (κ2) is 4.90. The van der Waals surface area contributed by atoms with Crippen molar-refractivity contribution in [2.45, 2.75) is 25.8 Å². The van der Waals surface area contributed by atoms with Gasteiger partial charge in [0.2, 0.25) is 10.0 Å². The number of nitrogens with one attached hydrogen (secondary N) is 1. The summed E-state index contributed by atoms with van der Waals surface area (Å²) in [7, 11) is -3.01. The Morgan fingerprint density at radius 2 is 2.00 bits per heavy atom. The monoisotopic (exact) mass is 318 g/mol. The largest absolute Gasteiger partial charge is 0.247 e. The Balaban J connectivity index is 2.39. The van der Waals surface area contributed by atoms with Crippen LogP contribution in [0.5, 0.6) is 0 Å². The minimum absolute atomic E-state index is 0.149. The van der Waals surface area contributed by atoms with Crippen LogP contribution in [0, 0.1) is 0 Å². The highest BCUT2D eigenvalue weighted by Crippen LogP contribution is 2.14. The maximum atomic E-state index is 11.2. The molecule has 0 spiro atoms. The molecule has 1 aliphatic heterocycles. The molecule has 13 heavy (non-hydrogen) atoms. The predicted octanol–water partition coefficient (Wildman–Crippen LogP) is 0.740. The molecule has 0 saturated carbocycles. The average Bonchev–Trinajstić information content (AvgIpc) is 2.09. The first-order valence-corrected chi connectivity index (χ1v) is 7.06. The number of halogens is 1. The van der Waals surface area contributed by atoms with Crippen molar-refractivity contribution in [2.24, 2.45) is 0 Å². The van der Waals surface area contributed by atoms with Crippen molar-refractivity contribution in [3.8, 4) is 0 Å². The summed E-state index contributed by atoms with van der Waals surface area (Å²) < 4.78 is 27.3. The van der Waals surface area contributed by atoms with Crippen LogP contribution in [0.1, 0.15) is 19.8 Å². The van der Waals surface area contributed by atoms with Crippen molar-refractivity contribution in [2.75, 3.05) is 18.8 Å². The van der Waals surface area contributed by atoms with Gasteiger partial charge < -0.3 is 0 Å². The van der Waals surface area contributed by atoms with Gasteiger partial charge in [0.15, 0.2) is 0 Å². The number of nitrogens with zero attached hydrogens (tertiary/aromatic N) is 1. The summed E-state index contributed by atoms with van der Waals surface area (Å²) in [4.78, 5) is 0. The summed E-state index contributed by atoms with van der Waals surface area (Å²) >= 11 is 2.27. The molecule has 1 saturated heterocycles. The van der Waals surface area contributed by atoms with E-state index in [4.69, 9.17) is 0 Å². The second-order valence-corrected chi connectivity index (χ2v) is 6.61. The van der Waals surface area contributed by atoms with Crippen LogP contribution in [-0.2, 0) is 10.0 Å². The molecule has 0 aromatic carbocycles. The lowest BCUT2D eigenvalue weighted by atomic mass is 10.1. The molecule has 1 aliphatic rings. The van der Waals surface area contributed by atoms with Crippen molar-refractivity contribution in [3.63, 3.8) is 0 Å². The van der Waals surface area contributed by atoms with Gasteiger partial charge in [-0.1, -0.05) is 0 Å². The lowest BCUT2D eigenvalue weighted by Crippen LogP contribution is -2.42. The van der Waals surface area contributed by atoms with Crippen LogP contribution in [0.2, 0.25) is 0 Å². The molecule has 6 heteroatoms. The molecule has 78 valence electrons. The predicted molar refractivity (Wildman–Crippen MR) is 61.2 cm³/mol. The SMILES string of the molecule is CCS(=O)(=O)NC1CCN(I)CC1. The Kier molecular flexibility index (Phi) is 4.40. The molecule has 0 radical (unpaired) electrons. The van der Waals surface area contributed by atoms with E-state index in [-0.39, 0.29) is 11.8 Å². The fourth-order valence-electron chi connectivity index (χ4n) is 1.30. The van der Waals surface area contributed by atoms with Gasteiger partial charge >= 0.3 is 0 Å². The lowest BCUT2D eigenvalue weighted by Gasteiger charge is -2.27. The van der Waals surface area contributed by atoms with Gasteiger partial charge in [0.1, 0.15) is 0 Å². The van der Waals surface area contributed by atoms with E-state index in [0.717, 1.165) is 25.9 Å². The average molecular weight is 318 g/mol. The van der Waals surface area contributed by atoms with Crippen molar-refractivity contribution in [1.82, 2.24) is 7.84 Å². The fourth-order valence-corrected chi connectivity index (χ4v) is 2.77. The summed E-state index contributed by atoms with van der Waals surface area (Å²) in [6, 6.07) is 0.149. The number of piperidine rings is 1. The molecule has 0 atom stereocenters. The number of rotatable bonds is 3. The summed E-state index contributed by atoms with van der Waals surface area (Å²) in [6.07, 6.45) is 1.84. The van der Waals surface area contributed by atoms with E-state index in [9.17, 15) is 8.42 Å². The molecular formula is C7H15IN2O2S. The molecule has 0 aromatic rings. The van der Waals surface area contributed by atoms with Crippen LogP contribution >= 0.6 is 22.9 Å². The number of sulfonamides is 1. The molecule has 4 nitrogen and oxygen atoms in total. The molecular weight excluding hydrogens is 303 g/mol. The van der Waals surface area contributed by atoms with Crippen LogP contribution in [-0.4, -0.2) is 36.4 Å². The highest BCUT2D eigenvalue weighted by Gasteiger charge is 2.21. The Bertz CT molecular complexity index is 247. The van der Waals surface area contributed by atoms with Gasteiger partial charge in [-0.25, -0.2) is 16.3 Å². The van der Waals surface area contributed by atoms with E-state index in [1.807, 2.05) is 0 Å². The molecule has 0 amide bonds. The van der Waals surface area contributed by atoms with Crippen LogP contribution in [0.4, 0.5) is 0 Å². The van der Waals surface area contributed by atoms with Crippen molar-refractivity contribution < 1.29 is 8.42 Å². The van der Waals surface area contributed by atoms with Gasteiger partial charge in [-0.3, -0.25) is 0 Å². The van der Waals surface area contributed by atoms with Gasteiger partial charge in [-0.05, 0) is 19.8 Å². The van der Waals surface area contributed by atoms with E-state index < -0.39 is 10.0 Å². The third-order valence-electron chi connectivity index (χ3n) is 2.17. The van der Waals surface area contributed by atoms with Crippen molar-refractivity contribution >= 4 is 32.9 Å². The smallest absolute Gasteiger partial charge is 0.211 e. The normalized spacial score (nSPS) is 22.0. The van der Waals surface area contributed by atoms with Gasteiger partial charge in [-0.2, -0.15) is 0 Å². The van der Waals surface area contributed by atoms with Crippen LogP contribution < -0.4 is 4.72 Å². The molecule has 1 fully saturated rings. The zero-order chi connectivity index (χ0) is 9.90. The van der Waals surface area contributed by atoms with E-state index in [2.05, 4.69) is 30.7 Å². The quantitative estimate of drug-likeness (QED) is 0.617. The number of hydrogen-bond acceptors (Lipinski definition) is 3. The van der Waals surface area contributed by atoms with Crippen LogP contribution in [0.25, 0.3) is 0 Å². The van der Waals surface area contributed by atoms with Crippen molar-refractivity contribution in [1.29, 1.82) is 0 Å². The number of hydrogen-bond donors (Lipinski definition) is 1.